The Hall–Kier alpha value is -1.63. The third kappa shape index (κ3) is 15.5. The van der Waals surface area contributed by atoms with E-state index in [4.69, 9.17) is 33.3 Å². The average molecular weight is 1010 g/mol. The zero-order valence-corrected chi connectivity index (χ0v) is 45.9. The van der Waals surface area contributed by atoms with Crippen LogP contribution in [-0.2, 0) is 47.9 Å². The third-order valence-corrected chi connectivity index (χ3v) is 16.5. The molecule has 19 nitrogen and oxygen atoms in total. The Labute approximate surface area is 414 Å². The first kappa shape index (κ1) is 61.7. The van der Waals surface area contributed by atoms with Crippen molar-refractivity contribution in [3.63, 3.8) is 0 Å². The molecule has 3 saturated heterocycles. The number of ether oxygens (including phenoxy) is 6. The van der Waals surface area contributed by atoms with Gasteiger partial charge in [-0.25, -0.2) is 8.42 Å². The number of methoxy groups -OCH3 is 1. The summed E-state index contributed by atoms with van der Waals surface area (Å²) in [5, 5.41) is 65.9. The molecule has 3 fully saturated rings. The van der Waals surface area contributed by atoms with E-state index in [0.717, 1.165) is 25.9 Å². The van der Waals surface area contributed by atoms with E-state index in [2.05, 4.69) is 28.8 Å². The van der Waals surface area contributed by atoms with Gasteiger partial charge in [-0.2, -0.15) is 0 Å². The summed E-state index contributed by atoms with van der Waals surface area (Å²) in [6.07, 6.45) is -8.01. The smallest absolute Gasteiger partial charge is 0.311 e. The van der Waals surface area contributed by atoms with Crippen LogP contribution in [0.3, 0.4) is 0 Å². The lowest BCUT2D eigenvalue weighted by atomic mass is 9.73. The van der Waals surface area contributed by atoms with Crippen LogP contribution in [0.15, 0.2) is 5.16 Å². The Morgan fingerprint density at radius 1 is 0.884 bits per heavy atom. The van der Waals surface area contributed by atoms with Crippen LogP contribution >= 0.6 is 0 Å². The number of cyclic esters (lactones) is 1. The number of aliphatic hydroxyl groups excluding tert-OH is 2. The lowest BCUT2D eigenvalue weighted by Crippen LogP contribution is -2.70. The molecule has 0 aromatic heterocycles. The predicted molar refractivity (Wildman–Crippen MR) is 263 cm³/mol. The first-order valence-electron chi connectivity index (χ1n) is 25.2. The molecule has 3 aliphatic heterocycles. The van der Waals surface area contributed by atoms with Crippen LogP contribution in [-0.4, -0.2) is 224 Å². The second-order valence-corrected chi connectivity index (χ2v) is 23.8. The standard InChI is InChI=1S/C49H94N4O15S/c1-18-37-48(12,58)42(55)32(6)39(50-63-24-21-25-69(17,60)61)30(4)27-46(10,57)43(68-45-40(54)36(51(13)14)26-31(5)64-45)33(7)41(34(8)44(56)66-37)67-38-28-47(11,62-16)49(59,35(9)65-38)29-52(15)22-23-53(19-2)20-3/h30-38,40-43,45,54-55,57-59H,18-29H2,1-17H3/b50-39+/t30-,31-,32+,33+,34-,35+,36+,37-,38+,40-,41+,42-,43-,45+,46+,47-,48-,49-/m1/s1. The Morgan fingerprint density at radius 3 is 2.06 bits per heavy atom. The van der Waals surface area contributed by atoms with Crippen LogP contribution < -0.4 is 0 Å². The highest BCUT2D eigenvalue weighted by Gasteiger charge is 2.59. The van der Waals surface area contributed by atoms with Gasteiger partial charge in [-0.15, -0.1) is 0 Å². The second kappa shape index (κ2) is 25.5. The van der Waals surface area contributed by atoms with Gasteiger partial charge < -0.3 is 73.5 Å². The van der Waals surface area contributed by atoms with Crippen molar-refractivity contribution < 1.29 is 72.0 Å². The molecule has 0 amide bonds. The SMILES string of the molecule is CC[C@H]1OC(=O)[C@H](C)[C@@H](O[C@H]2C[C@@](C)(OC)[C@@](O)(CN(C)CCN(CC)CC)[C@H](C)O2)[C@H](C)[C@@H](O[C@@H]2O[C@H](C)C[C@H](N(C)C)[C@H]2O)[C@@](C)(O)C[C@@H](C)/C(=N\OCCCS(C)(=O)=O)[C@H](C)[C@@H](O)[C@]1(C)O. The topological polar surface area (TPSA) is 239 Å². The van der Waals surface area contributed by atoms with Gasteiger partial charge in [0.05, 0.1) is 53.5 Å². The third-order valence-electron chi connectivity index (χ3n) is 15.5. The fourth-order valence-corrected chi connectivity index (χ4v) is 11.4. The highest BCUT2D eigenvalue weighted by Crippen LogP contribution is 2.44. The van der Waals surface area contributed by atoms with Gasteiger partial charge in [-0.05, 0) is 101 Å². The summed E-state index contributed by atoms with van der Waals surface area (Å²) in [6, 6.07) is -0.365. The average Bonchev–Trinajstić information content (AvgIpc) is 3.26. The fraction of sp³-hybridized carbons (Fsp3) is 0.959. The van der Waals surface area contributed by atoms with Crippen molar-refractivity contribution >= 4 is 21.5 Å². The molecule has 3 aliphatic rings. The fourth-order valence-electron chi connectivity index (χ4n) is 10.8. The molecule has 3 rings (SSSR count). The number of likely N-dealkylation sites (N-methyl/N-ethyl adjacent to an activating group) is 3. The lowest BCUT2D eigenvalue weighted by molar-refractivity contribution is -0.339. The van der Waals surface area contributed by atoms with E-state index >= 15 is 0 Å². The number of oxime groups is 1. The number of hydrogen-bond donors (Lipinski definition) is 5. The quantitative estimate of drug-likeness (QED) is 0.0710. The Balaban J connectivity index is 2.22. The van der Waals surface area contributed by atoms with Crippen LogP contribution in [0.4, 0.5) is 0 Å². The minimum absolute atomic E-state index is 0.0328. The normalized spacial score (nSPS) is 41.9. The Bertz CT molecular complexity index is 1740. The monoisotopic (exact) mass is 1010 g/mol. The molecule has 406 valence electrons. The molecule has 0 spiro atoms. The van der Waals surface area contributed by atoms with E-state index in [1.165, 1.54) is 14.0 Å². The van der Waals surface area contributed by atoms with Gasteiger partial charge in [-0.3, -0.25) is 4.79 Å². The van der Waals surface area contributed by atoms with E-state index in [9.17, 15) is 38.7 Å². The van der Waals surface area contributed by atoms with Crippen molar-refractivity contribution in [1.29, 1.82) is 0 Å². The van der Waals surface area contributed by atoms with Crippen LogP contribution in [0.5, 0.6) is 0 Å². The minimum atomic E-state index is -3.28. The maximum Gasteiger partial charge on any atom is 0.311 e. The van der Waals surface area contributed by atoms with E-state index in [0.29, 0.717) is 13.0 Å². The molecule has 0 unspecified atom stereocenters. The zero-order valence-electron chi connectivity index (χ0n) is 45.1. The predicted octanol–water partition coefficient (Wildman–Crippen LogP) is 2.67. The highest BCUT2D eigenvalue weighted by atomic mass is 32.2. The molecule has 0 saturated carbocycles. The lowest BCUT2D eigenvalue weighted by Gasteiger charge is -2.54. The molecule has 0 aromatic rings. The summed E-state index contributed by atoms with van der Waals surface area (Å²) in [7, 11) is 3.91. The van der Waals surface area contributed by atoms with E-state index < -0.39 is 111 Å². The molecule has 5 N–H and O–H groups in total. The molecular formula is C49H94N4O15S. The minimum Gasteiger partial charge on any atom is -0.459 e. The van der Waals surface area contributed by atoms with E-state index in [-0.39, 0.29) is 62.4 Å². The molecule has 0 bridgehead atoms. The van der Waals surface area contributed by atoms with Crippen LogP contribution in [0.1, 0.15) is 115 Å². The van der Waals surface area contributed by atoms with E-state index in [1.54, 1.807) is 48.5 Å². The van der Waals surface area contributed by atoms with Crippen LogP contribution in [0.2, 0.25) is 0 Å². The van der Waals surface area contributed by atoms with Gasteiger partial charge in [0, 0.05) is 63.2 Å². The number of aliphatic hydroxyl groups is 5. The highest BCUT2D eigenvalue weighted by molar-refractivity contribution is 7.90. The van der Waals surface area contributed by atoms with Crippen LogP contribution in [0.25, 0.3) is 0 Å². The molecule has 0 aromatic carbocycles. The summed E-state index contributed by atoms with van der Waals surface area (Å²) >= 11 is 0. The molecule has 0 aliphatic carbocycles. The molecule has 69 heavy (non-hydrogen) atoms. The van der Waals surface area contributed by atoms with Gasteiger partial charge in [0.15, 0.2) is 12.6 Å². The molecule has 3 heterocycles. The largest absolute Gasteiger partial charge is 0.459 e. The first-order chi connectivity index (χ1) is 31.8. The zero-order chi connectivity index (χ0) is 52.6. The van der Waals surface area contributed by atoms with Gasteiger partial charge in [0.1, 0.15) is 45.5 Å². The van der Waals surface area contributed by atoms with Crippen molar-refractivity contribution in [2.24, 2.45) is 28.8 Å². The molecule has 20 heteroatoms. The summed E-state index contributed by atoms with van der Waals surface area (Å²) in [4.78, 5) is 26.6. The number of carbonyl (C=O) groups is 1. The number of esters is 1. The summed E-state index contributed by atoms with van der Waals surface area (Å²) in [6.45, 7) is 24.6. The van der Waals surface area contributed by atoms with Crippen molar-refractivity contribution in [1.82, 2.24) is 14.7 Å². The molecule has 0 radical (unpaired) electrons. The molecule has 18 atom stereocenters. The summed E-state index contributed by atoms with van der Waals surface area (Å²) < 4.78 is 62.7. The van der Waals surface area contributed by atoms with Gasteiger partial charge in [0.25, 0.3) is 0 Å². The van der Waals surface area contributed by atoms with Crippen molar-refractivity contribution in [2.45, 2.75) is 199 Å². The van der Waals surface area contributed by atoms with Crippen molar-refractivity contribution in [3.05, 3.63) is 0 Å². The van der Waals surface area contributed by atoms with Crippen LogP contribution in [0, 0.1) is 23.7 Å². The Morgan fingerprint density at radius 2 is 1.51 bits per heavy atom. The van der Waals surface area contributed by atoms with Crippen molar-refractivity contribution in [3.8, 4) is 0 Å². The Kier molecular flexibility index (Phi) is 22.8. The summed E-state index contributed by atoms with van der Waals surface area (Å²) in [5.74, 6) is -4.55. The number of carbonyl (C=O) groups excluding carboxylic acids is 1. The maximum atomic E-state index is 14.6. The van der Waals surface area contributed by atoms with E-state index in [1.807, 2.05) is 39.9 Å². The maximum absolute atomic E-state index is 14.6. The van der Waals surface area contributed by atoms with Gasteiger partial charge in [-0.1, -0.05) is 46.7 Å². The van der Waals surface area contributed by atoms with Gasteiger partial charge >= 0.3 is 5.97 Å². The second-order valence-electron chi connectivity index (χ2n) is 21.5. The van der Waals surface area contributed by atoms with Crippen molar-refractivity contribution in [2.75, 3.05) is 79.6 Å². The number of sulfone groups is 1. The first-order valence-corrected chi connectivity index (χ1v) is 27.3. The molecular weight excluding hydrogens is 917 g/mol. The summed E-state index contributed by atoms with van der Waals surface area (Å²) in [5.41, 5.74) is -6.34. The van der Waals surface area contributed by atoms with Gasteiger partial charge in [0.2, 0.25) is 0 Å². The number of nitrogens with zero attached hydrogens (tertiary/aromatic N) is 4. The number of hydrogen-bond acceptors (Lipinski definition) is 19. The number of rotatable bonds is 19.